The number of nitrogens with zero attached hydrogens (tertiary/aromatic N) is 1. The monoisotopic (exact) mass is 108 g/mol. The number of hydrazine groups is 1. The van der Waals surface area contributed by atoms with Gasteiger partial charge >= 0.3 is 0 Å². The van der Waals surface area contributed by atoms with E-state index in [1.165, 1.54) is 12.1 Å². The van der Waals surface area contributed by atoms with E-state index in [4.69, 9.17) is 0 Å². The van der Waals surface area contributed by atoms with Crippen LogP contribution in [0.3, 0.4) is 0 Å². The molecule has 2 heterocycles. The minimum absolute atomic E-state index is 1.13. The van der Waals surface area contributed by atoms with E-state index in [0.29, 0.717) is 0 Å². The van der Waals surface area contributed by atoms with Gasteiger partial charge in [-0.2, -0.15) is 0 Å². The smallest absolute Gasteiger partial charge is 0.0547 e. The Morgan fingerprint density at radius 3 is 3.50 bits per heavy atom. The van der Waals surface area contributed by atoms with Crippen molar-refractivity contribution in [2.75, 3.05) is 6.54 Å². The van der Waals surface area contributed by atoms with E-state index in [0.717, 1.165) is 6.54 Å². The molecular weight excluding hydrogens is 100 g/mol. The predicted molar refractivity (Wildman–Crippen MR) is 31.7 cm³/mol. The average Bonchev–Trinajstić information content (AvgIpc) is 2.15. The summed E-state index contributed by atoms with van der Waals surface area (Å²) in [4.78, 5) is 0. The summed E-state index contributed by atoms with van der Waals surface area (Å²) < 4.78 is 0. The summed E-state index contributed by atoms with van der Waals surface area (Å²) in [5.74, 6) is 0. The lowest BCUT2D eigenvalue weighted by atomic mass is 10.4. The molecule has 0 amide bonds. The van der Waals surface area contributed by atoms with Crippen LogP contribution in [0.25, 0.3) is 0 Å². The van der Waals surface area contributed by atoms with Gasteiger partial charge in [0.25, 0.3) is 0 Å². The average molecular weight is 108 g/mol. The molecule has 0 spiro atoms. The van der Waals surface area contributed by atoms with Crippen LogP contribution in [0.4, 0.5) is 0 Å². The van der Waals surface area contributed by atoms with E-state index in [9.17, 15) is 0 Å². The molecule has 0 aliphatic carbocycles. The number of rotatable bonds is 0. The van der Waals surface area contributed by atoms with Crippen LogP contribution in [0.5, 0.6) is 0 Å². The van der Waals surface area contributed by atoms with Crippen molar-refractivity contribution >= 4 is 0 Å². The predicted octanol–water partition coefficient (Wildman–Crippen LogP) is 0.608. The van der Waals surface area contributed by atoms with E-state index in [1.54, 1.807) is 0 Å². The molecule has 2 rings (SSSR count). The highest BCUT2D eigenvalue weighted by molar-refractivity contribution is 5.24. The van der Waals surface area contributed by atoms with Crippen molar-refractivity contribution in [2.24, 2.45) is 0 Å². The molecule has 0 radical (unpaired) electrons. The molecule has 0 saturated carbocycles. The SMILES string of the molecule is C1=CC2=CCCN2N1. The Balaban J connectivity index is 2.31. The van der Waals surface area contributed by atoms with Gasteiger partial charge in [-0.25, -0.2) is 0 Å². The second kappa shape index (κ2) is 1.28. The third-order valence-electron chi connectivity index (χ3n) is 1.50. The molecule has 0 fully saturated rings. The first-order valence-electron chi connectivity index (χ1n) is 2.87. The molecule has 2 aliphatic heterocycles. The van der Waals surface area contributed by atoms with E-state index in [1.807, 2.05) is 6.20 Å². The number of hydrogen-bond acceptors (Lipinski definition) is 2. The van der Waals surface area contributed by atoms with Crippen molar-refractivity contribution in [3.8, 4) is 0 Å². The first-order chi connectivity index (χ1) is 3.97. The minimum atomic E-state index is 1.13. The van der Waals surface area contributed by atoms with Gasteiger partial charge in [-0.3, -0.25) is 5.01 Å². The fraction of sp³-hybridized carbons (Fsp3) is 0.333. The number of hydrogen-bond donors (Lipinski definition) is 1. The van der Waals surface area contributed by atoms with Gasteiger partial charge < -0.3 is 5.43 Å². The van der Waals surface area contributed by atoms with Crippen LogP contribution in [0.1, 0.15) is 6.42 Å². The molecule has 0 unspecified atom stereocenters. The minimum Gasteiger partial charge on any atom is -0.306 e. The molecular formula is C6H8N2. The van der Waals surface area contributed by atoms with Crippen LogP contribution in [0.2, 0.25) is 0 Å². The van der Waals surface area contributed by atoms with Crippen LogP contribution in [-0.4, -0.2) is 11.6 Å². The Hall–Kier alpha value is -0.920. The fourth-order valence-electron chi connectivity index (χ4n) is 1.09. The summed E-state index contributed by atoms with van der Waals surface area (Å²) in [6, 6.07) is 0. The highest BCUT2D eigenvalue weighted by Crippen LogP contribution is 2.16. The van der Waals surface area contributed by atoms with Gasteiger partial charge in [0.2, 0.25) is 0 Å². The summed E-state index contributed by atoms with van der Waals surface area (Å²) in [6.45, 7) is 1.13. The first-order valence-corrected chi connectivity index (χ1v) is 2.87. The second-order valence-corrected chi connectivity index (χ2v) is 2.03. The van der Waals surface area contributed by atoms with Crippen LogP contribution in [0, 0.1) is 0 Å². The second-order valence-electron chi connectivity index (χ2n) is 2.03. The molecule has 0 aromatic heterocycles. The van der Waals surface area contributed by atoms with Gasteiger partial charge in [0.05, 0.1) is 5.70 Å². The first kappa shape index (κ1) is 4.01. The maximum atomic E-state index is 3.10. The molecule has 0 atom stereocenters. The molecule has 2 aliphatic rings. The zero-order valence-electron chi connectivity index (χ0n) is 4.59. The van der Waals surface area contributed by atoms with Crippen molar-refractivity contribution in [1.82, 2.24) is 10.4 Å². The fourth-order valence-corrected chi connectivity index (χ4v) is 1.09. The van der Waals surface area contributed by atoms with Gasteiger partial charge in [0, 0.05) is 12.7 Å². The number of nitrogens with one attached hydrogen (secondary N) is 1. The summed E-state index contributed by atoms with van der Waals surface area (Å²) in [7, 11) is 0. The lowest BCUT2D eigenvalue weighted by Gasteiger charge is -2.12. The van der Waals surface area contributed by atoms with Gasteiger partial charge in [0.15, 0.2) is 0 Å². The van der Waals surface area contributed by atoms with Crippen LogP contribution < -0.4 is 5.43 Å². The van der Waals surface area contributed by atoms with Crippen molar-refractivity contribution in [3.63, 3.8) is 0 Å². The van der Waals surface area contributed by atoms with E-state index >= 15 is 0 Å². The van der Waals surface area contributed by atoms with E-state index in [2.05, 4.69) is 22.6 Å². The molecule has 0 aromatic carbocycles. The van der Waals surface area contributed by atoms with Crippen LogP contribution in [-0.2, 0) is 0 Å². The zero-order chi connectivity index (χ0) is 5.40. The Morgan fingerprint density at radius 2 is 2.62 bits per heavy atom. The van der Waals surface area contributed by atoms with Gasteiger partial charge in [0.1, 0.15) is 0 Å². The molecule has 0 aromatic rings. The van der Waals surface area contributed by atoms with Gasteiger partial charge in [-0.15, -0.1) is 0 Å². The van der Waals surface area contributed by atoms with Crippen molar-refractivity contribution in [1.29, 1.82) is 0 Å². The Morgan fingerprint density at radius 1 is 1.62 bits per heavy atom. The lowest BCUT2D eigenvalue weighted by Crippen LogP contribution is -2.25. The van der Waals surface area contributed by atoms with E-state index < -0.39 is 0 Å². The molecule has 2 nitrogen and oxygen atoms in total. The Labute approximate surface area is 48.5 Å². The maximum Gasteiger partial charge on any atom is 0.0547 e. The maximum absolute atomic E-state index is 3.10. The summed E-state index contributed by atoms with van der Waals surface area (Å²) in [6.07, 6.45) is 7.47. The summed E-state index contributed by atoms with van der Waals surface area (Å²) in [5.41, 5.74) is 4.43. The van der Waals surface area contributed by atoms with Crippen LogP contribution >= 0.6 is 0 Å². The third-order valence-corrected chi connectivity index (χ3v) is 1.50. The molecule has 42 valence electrons. The highest BCUT2D eigenvalue weighted by atomic mass is 15.5. The molecule has 2 heteroatoms. The molecule has 8 heavy (non-hydrogen) atoms. The molecule has 0 saturated heterocycles. The topological polar surface area (TPSA) is 15.3 Å². The molecule has 1 N–H and O–H groups in total. The largest absolute Gasteiger partial charge is 0.306 e. The van der Waals surface area contributed by atoms with Crippen LogP contribution in [0.15, 0.2) is 24.0 Å². The standard InChI is InChI=1S/C6H8N2/c1-2-6-3-4-7-8(6)5-1/h2-4,7H,1,5H2. The molecule has 0 bridgehead atoms. The Kier molecular flexibility index (Phi) is 0.640. The Bertz CT molecular complexity index is 158. The van der Waals surface area contributed by atoms with Gasteiger partial charge in [-0.05, 0) is 12.5 Å². The quantitative estimate of drug-likeness (QED) is 0.489. The summed E-state index contributed by atoms with van der Waals surface area (Å²) >= 11 is 0. The lowest BCUT2D eigenvalue weighted by molar-refractivity contribution is 0.342. The van der Waals surface area contributed by atoms with Crippen molar-refractivity contribution < 1.29 is 0 Å². The van der Waals surface area contributed by atoms with E-state index in [-0.39, 0.29) is 0 Å². The summed E-state index contributed by atoms with van der Waals surface area (Å²) in [5, 5.41) is 2.14. The van der Waals surface area contributed by atoms with Crippen molar-refractivity contribution in [3.05, 3.63) is 24.0 Å². The number of fused-ring (bicyclic) bond motifs is 1. The van der Waals surface area contributed by atoms with Crippen molar-refractivity contribution in [2.45, 2.75) is 6.42 Å². The highest BCUT2D eigenvalue weighted by Gasteiger charge is 2.13. The third kappa shape index (κ3) is 0.372. The van der Waals surface area contributed by atoms with Gasteiger partial charge in [-0.1, -0.05) is 6.08 Å². The normalized spacial score (nSPS) is 23.0. The number of allylic oxidation sites excluding steroid dienone is 1. The zero-order valence-corrected chi connectivity index (χ0v) is 4.59.